The van der Waals surface area contributed by atoms with Crippen LogP contribution in [0.3, 0.4) is 0 Å². The van der Waals surface area contributed by atoms with Crippen molar-refractivity contribution < 1.29 is 14.3 Å². The molecule has 1 heterocycles. The van der Waals surface area contributed by atoms with Gasteiger partial charge in [-0.05, 0) is 44.0 Å². The average molecular weight is 419 g/mol. The molecule has 0 atom stereocenters. The van der Waals surface area contributed by atoms with Gasteiger partial charge in [0, 0.05) is 24.2 Å². The summed E-state index contributed by atoms with van der Waals surface area (Å²) in [5.41, 5.74) is 0.221. The van der Waals surface area contributed by atoms with Crippen molar-refractivity contribution in [1.82, 2.24) is 20.1 Å². The minimum atomic E-state index is -0.613. The maximum Gasteiger partial charge on any atom is 0.313 e. The van der Waals surface area contributed by atoms with Gasteiger partial charge in [0.05, 0.1) is 18.4 Å². The summed E-state index contributed by atoms with van der Waals surface area (Å²) in [7, 11) is 1.76. The van der Waals surface area contributed by atoms with Crippen LogP contribution in [-0.2, 0) is 27.8 Å². The standard InChI is InChI=1S/C21H27ClN4O3/c1-3-29-20(28)21(11-5-4-6-12-21)14-23-18(27)13-17-24-19(25-26(17)2)15-7-9-16(22)10-8-15/h7-10H,3-6,11-14H2,1-2H3,(H,23,27). The summed E-state index contributed by atoms with van der Waals surface area (Å²) in [4.78, 5) is 29.6. The third-order valence-electron chi connectivity index (χ3n) is 5.42. The largest absolute Gasteiger partial charge is 0.466 e. The smallest absolute Gasteiger partial charge is 0.313 e. The van der Waals surface area contributed by atoms with Gasteiger partial charge in [-0.3, -0.25) is 14.3 Å². The Morgan fingerprint density at radius 3 is 2.55 bits per heavy atom. The molecule has 1 aliphatic carbocycles. The fourth-order valence-electron chi connectivity index (χ4n) is 3.73. The van der Waals surface area contributed by atoms with Gasteiger partial charge in [-0.2, -0.15) is 5.10 Å². The van der Waals surface area contributed by atoms with Crippen LogP contribution in [0, 0.1) is 5.41 Å². The van der Waals surface area contributed by atoms with E-state index in [1.165, 1.54) is 0 Å². The molecule has 0 bridgehead atoms. The lowest BCUT2D eigenvalue weighted by Gasteiger charge is -2.34. The van der Waals surface area contributed by atoms with Crippen LogP contribution < -0.4 is 5.32 Å². The third kappa shape index (κ3) is 5.15. The van der Waals surface area contributed by atoms with Crippen LogP contribution in [0.5, 0.6) is 0 Å². The topological polar surface area (TPSA) is 86.1 Å². The van der Waals surface area contributed by atoms with Gasteiger partial charge in [0.25, 0.3) is 0 Å². The predicted molar refractivity (Wildman–Crippen MR) is 110 cm³/mol. The van der Waals surface area contributed by atoms with E-state index in [4.69, 9.17) is 16.3 Å². The van der Waals surface area contributed by atoms with Crippen LogP contribution >= 0.6 is 11.6 Å². The molecule has 1 aliphatic rings. The highest BCUT2D eigenvalue weighted by Gasteiger charge is 2.41. The van der Waals surface area contributed by atoms with Gasteiger partial charge >= 0.3 is 5.97 Å². The molecular formula is C21H27ClN4O3. The zero-order chi connectivity index (χ0) is 20.9. The van der Waals surface area contributed by atoms with Gasteiger partial charge in [-0.1, -0.05) is 30.9 Å². The number of esters is 1. The van der Waals surface area contributed by atoms with Crippen molar-refractivity contribution in [3.8, 4) is 11.4 Å². The Kier molecular flexibility index (Phi) is 6.90. The minimum absolute atomic E-state index is 0.0932. The van der Waals surface area contributed by atoms with Crippen LogP contribution in [-0.4, -0.2) is 39.8 Å². The number of benzene rings is 1. The molecule has 2 aromatic rings. The second kappa shape index (κ2) is 9.39. The first kappa shape index (κ1) is 21.3. The molecule has 8 heteroatoms. The normalized spacial score (nSPS) is 15.7. The van der Waals surface area contributed by atoms with Gasteiger partial charge in [0.15, 0.2) is 5.82 Å². The molecule has 0 aliphatic heterocycles. The predicted octanol–water partition coefficient (Wildman–Crippen LogP) is 3.31. The summed E-state index contributed by atoms with van der Waals surface area (Å²) < 4.78 is 6.89. The lowest BCUT2D eigenvalue weighted by molar-refractivity contribution is -0.157. The molecule has 0 spiro atoms. The Hall–Kier alpha value is -2.41. The van der Waals surface area contributed by atoms with E-state index in [9.17, 15) is 9.59 Å². The number of hydrogen-bond donors (Lipinski definition) is 1. The number of hydrogen-bond acceptors (Lipinski definition) is 5. The Morgan fingerprint density at radius 2 is 1.90 bits per heavy atom. The molecule has 1 saturated carbocycles. The Labute approximate surface area is 175 Å². The van der Waals surface area contributed by atoms with Crippen molar-refractivity contribution >= 4 is 23.5 Å². The van der Waals surface area contributed by atoms with Crippen molar-refractivity contribution in [2.45, 2.75) is 45.4 Å². The first-order valence-corrected chi connectivity index (χ1v) is 10.4. The number of aromatic nitrogens is 3. The maximum atomic E-state index is 12.6. The van der Waals surface area contributed by atoms with Crippen LogP contribution in [0.15, 0.2) is 24.3 Å². The number of rotatable bonds is 7. The fourth-order valence-corrected chi connectivity index (χ4v) is 3.86. The SMILES string of the molecule is CCOC(=O)C1(CNC(=O)Cc2nc(-c3ccc(Cl)cc3)nn2C)CCCCC1. The molecule has 1 aromatic heterocycles. The van der Waals surface area contributed by atoms with Gasteiger partial charge in [0.1, 0.15) is 5.82 Å². The minimum Gasteiger partial charge on any atom is -0.466 e. The molecule has 3 rings (SSSR count). The lowest BCUT2D eigenvalue weighted by Crippen LogP contribution is -2.45. The third-order valence-corrected chi connectivity index (χ3v) is 5.67. The maximum absolute atomic E-state index is 12.6. The summed E-state index contributed by atoms with van der Waals surface area (Å²) in [5.74, 6) is 0.713. The zero-order valence-electron chi connectivity index (χ0n) is 16.9. The van der Waals surface area contributed by atoms with E-state index in [-0.39, 0.29) is 18.3 Å². The van der Waals surface area contributed by atoms with E-state index >= 15 is 0 Å². The molecule has 7 nitrogen and oxygen atoms in total. The van der Waals surface area contributed by atoms with Gasteiger partial charge < -0.3 is 10.1 Å². The van der Waals surface area contributed by atoms with Crippen LogP contribution in [0.2, 0.25) is 5.02 Å². The van der Waals surface area contributed by atoms with Crippen molar-refractivity contribution in [1.29, 1.82) is 0 Å². The number of amides is 1. The van der Waals surface area contributed by atoms with Crippen molar-refractivity contribution in [2.75, 3.05) is 13.2 Å². The molecular weight excluding hydrogens is 392 g/mol. The molecule has 156 valence electrons. The van der Waals surface area contributed by atoms with E-state index in [2.05, 4.69) is 15.4 Å². The Morgan fingerprint density at radius 1 is 1.21 bits per heavy atom. The van der Waals surface area contributed by atoms with E-state index in [0.29, 0.717) is 29.8 Å². The summed E-state index contributed by atoms with van der Waals surface area (Å²) in [6.45, 7) is 2.45. The number of carbonyl (C=O) groups excluding carboxylic acids is 2. The van der Waals surface area contributed by atoms with Crippen LogP contribution in [0.1, 0.15) is 44.9 Å². The zero-order valence-corrected chi connectivity index (χ0v) is 17.7. The number of halogens is 1. The molecule has 1 N–H and O–H groups in total. The monoisotopic (exact) mass is 418 g/mol. The quantitative estimate of drug-likeness (QED) is 0.697. The summed E-state index contributed by atoms with van der Waals surface area (Å²) in [6, 6.07) is 7.23. The van der Waals surface area contributed by atoms with Gasteiger partial charge in [-0.25, -0.2) is 4.98 Å². The van der Waals surface area contributed by atoms with Crippen LogP contribution in [0.25, 0.3) is 11.4 Å². The lowest BCUT2D eigenvalue weighted by atomic mass is 9.74. The van der Waals surface area contributed by atoms with Gasteiger partial charge in [-0.15, -0.1) is 0 Å². The number of ether oxygens (including phenoxy) is 1. The molecule has 0 saturated heterocycles. The molecule has 0 radical (unpaired) electrons. The summed E-state index contributed by atoms with van der Waals surface area (Å²) >= 11 is 5.92. The molecule has 1 fully saturated rings. The summed E-state index contributed by atoms with van der Waals surface area (Å²) in [5, 5.41) is 7.96. The number of nitrogens with zero attached hydrogens (tertiary/aromatic N) is 3. The van der Waals surface area contributed by atoms with E-state index < -0.39 is 5.41 Å². The second-order valence-electron chi connectivity index (χ2n) is 7.50. The van der Waals surface area contributed by atoms with E-state index in [1.807, 2.05) is 12.1 Å². The van der Waals surface area contributed by atoms with Crippen molar-refractivity contribution in [2.24, 2.45) is 12.5 Å². The van der Waals surface area contributed by atoms with E-state index in [0.717, 1.165) is 37.7 Å². The molecule has 0 unspecified atom stereocenters. The highest BCUT2D eigenvalue weighted by molar-refractivity contribution is 6.30. The highest BCUT2D eigenvalue weighted by Crippen LogP contribution is 2.37. The first-order valence-electron chi connectivity index (χ1n) is 10.0. The second-order valence-corrected chi connectivity index (χ2v) is 7.93. The molecule has 29 heavy (non-hydrogen) atoms. The molecule has 1 aromatic carbocycles. The fraction of sp³-hybridized carbons (Fsp3) is 0.524. The molecule has 1 amide bonds. The van der Waals surface area contributed by atoms with E-state index in [1.54, 1.807) is 30.8 Å². The van der Waals surface area contributed by atoms with Gasteiger partial charge in [0.2, 0.25) is 5.91 Å². The Balaban J connectivity index is 1.64. The van der Waals surface area contributed by atoms with Crippen molar-refractivity contribution in [3.05, 3.63) is 35.1 Å². The number of nitrogens with one attached hydrogen (secondary N) is 1. The first-order chi connectivity index (χ1) is 13.9. The number of aryl methyl sites for hydroxylation is 1. The average Bonchev–Trinajstić information content (AvgIpc) is 3.08. The van der Waals surface area contributed by atoms with Crippen LogP contribution in [0.4, 0.5) is 0 Å². The highest BCUT2D eigenvalue weighted by atomic mass is 35.5. The summed E-state index contributed by atoms with van der Waals surface area (Å²) in [6.07, 6.45) is 4.65. The number of carbonyl (C=O) groups is 2. The van der Waals surface area contributed by atoms with Crippen molar-refractivity contribution in [3.63, 3.8) is 0 Å². The Bertz CT molecular complexity index is 857.